The summed E-state index contributed by atoms with van der Waals surface area (Å²) in [6, 6.07) is 9.40. The number of hydrogen-bond donors (Lipinski definition) is 1. The van der Waals surface area contributed by atoms with Crippen molar-refractivity contribution in [2.45, 2.75) is 70.9 Å². The number of rotatable bonds is 6. The molecule has 0 radical (unpaired) electrons. The zero-order valence-corrected chi connectivity index (χ0v) is 14.1. The zero-order chi connectivity index (χ0) is 15.3. The van der Waals surface area contributed by atoms with E-state index < -0.39 is 0 Å². The van der Waals surface area contributed by atoms with Crippen LogP contribution in [0.1, 0.15) is 76.5 Å². The highest BCUT2D eigenvalue weighted by Crippen LogP contribution is 2.37. The molecule has 1 aliphatic heterocycles. The van der Waals surface area contributed by atoms with E-state index in [1.54, 1.807) is 0 Å². The molecular formula is C19H31NO. The van der Waals surface area contributed by atoms with Crippen LogP contribution in [0.15, 0.2) is 24.3 Å². The van der Waals surface area contributed by atoms with Crippen LogP contribution in [0.2, 0.25) is 0 Å². The second-order valence-corrected chi connectivity index (χ2v) is 6.83. The van der Waals surface area contributed by atoms with Crippen molar-refractivity contribution in [3.8, 4) is 0 Å². The molecule has 0 bridgehead atoms. The zero-order valence-electron chi connectivity index (χ0n) is 14.1. The highest BCUT2D eigenvalue weighted by molar-refractivity contribution is 5.28. The number of nitrogens with one attached hydrogen (secondary N) is 1. The average Bonchev–Trinajstić information content (AvgIpc) is 2.48. The lowest BCUT2D eigenvalue weighted by Crippen LogP contribution is -2.46. The second kappa shape index (κ2) is 7.42. The van der Waals surface area contributed by atoms with Crippen LogP contribution in [0.25, 0.3) is 0 Å². The summed E-state index contributed by atoms with van der Waals surface area (Å²) in [6.07, 6.45) is 4.75. The maximum atomic E-state index is 6.19. The Hall–Kier alpha value is -0.860. The van der Waals surface area contributed by atoms with Crippen molar-refractivity contribution in [3.05, 3.63) is 35.4 Å². The second-order valence-electron chi connectivity index (χ2n) is 6.83. The molecule has 2 nitrogen and oxygen atoms in total. The van der Waals surface area contributed by atoms with Gasteiger partial charge in [-0.15, -0.1) is 0 Å². The molecule has 1 aromatic rings. The van der Waals surface area contributed by atoms with E-state index in [1.165, 1.54) is 24.0 Å². The normalized spacial score (nSPS) is 24.2. The molecule has 2 heteroatoms. The lowest BCUT2D eigenvalue weighted by Gasteiger charge is -2.41. The van der Waals surface area contributed by atoms with Gasteiger partial charge in [0.2, 0.25) is 0 Å². The Morgan fingerprint density at radius 3 is 2.33 bits per heavy atom. The first-order chi connectivity index (χ1) is 10.1. The van der Waals surface area contributed by atoms with E-state index in [2.05, 4.69) is 57.3 Å². The van der Waals surface area contributed by atoms with Crippen LogP contribution in [-0.2, 0) is 4.74 Å². The lowest BCUT2D eigenvalue weighted by atomic mass is 9.83. The summed E-state index contributed by atoms with van der Waals surface area (Å²) in [4.78, 5) is 0. The molecule has 0 spiro atoms. The van der Waals surface area contributed by atoms with Crippen molar-refractivity contribution in [2.75, 3.05) is 13.2 Å². The molecule has 1 saturated heterocycles. The van der Waals surface area contributed by atoms with Gasteiger partial charge < -0.3 is 10.1 Å². The molecule has 1 heterocycles. The minimum absolute atomic E-state index is 0.0766. The summed E-state index contributed by atoms with van der Waals surface area (Å²) in [5, 5.41) is 3.72. The molecule has 0 amide bonds. The first kappa shape index (κ1) is 16.5. The van der Waals surface area contributed by atoms with Crippen LogP contribution in [0.3, 0.4) is 0 Å². The summed E-state index contributed by atoms with van der Waals surface area (Å²) < 4.78 is 6.19. The third-order valence-electron chi connectivity index (χ3n) is 4.64. The largest absolute Gasteiger partial charge is 0.373 e. The van der Waals surface area contributed by atoms with Crippen molar-refractivity contribution < 1.29 is 4.74 Å². The van der Waals surface area contributed by atoms with E-state index >= 15 is 0 Å². The molecule has 2 unspecified atom stereocenters. The van der Waals surface area contributed by atoms with E-state index in [1.807, 2.05) is 0 Å². The van der Waals surface area contributed by atoms with Crippen LogP contribution >= 0.6 is 0 Å². The van der Waals surface area contributed by atoms with Gasteiger partial charge in [0.1, 0.15) is 0 Å². The Balaban J connectivity index is 2.22. The molecule has 21 heavy (non-hydrogen) atoms. The molecule has 0 aromatic heterocycles. The summed E-state index contributed by atoms with van der Waals surface area (Å²) in [7, 11) is 0. The fraction of sp³-hybridized carbons (Fsp3) is 0.684. The molecule has 0 aliphatic carbocycles. The van der Waals surface area contributed by atoms with Gasteiger partial charge >= 0.3 is 0 Å². The van der Waals surface area contributed by atoms with E-state index in [4.69, 9.17) is 4.74 Å². The average molecular weight is 289 g/mol. The molecule has 1 N–H and O–H groups in total. The van der Waals surface area contributed by atoms with E-state index in [-0.39, 0.29) is 5.60 Å². The molecule has 0 saturated carbocycles. The summed E-state index contributed by atoms with van der Waals surface area (Å²) in [6.45, 7) is 10.9. The summed E-state index contributed by atoms with van der Waals surface area (Å²) in [5.41, 5.74) is 2.69. The Kier molecular flexibility index (Phi) is 5.83. The summed E-state index contributed by atoms with van der Waals surface area (Å²) in [5.74, 6) is 0.586. The van der Waals surface area contributed by atoms with Crippen molar-refractivity contribution in [1.82, 2.24) is 5.32 Å². The molecule has 1 aliphatic rings. The number of benzene rings is 1. The fourth-order valence-electron chi connectivity index (χ4n) is 3.23. The van der Waals surface area contributed by atoms with Crippen molar-refractivity contribution in [3.63, 3.8) is 0 Å². The SMILES string of the molecule is CCCNC(c1ccc(C(C)C)cc1)C1(C)CCCCO1. The van der Waals surface area contributed by atoms with E-state index in [9.17, 15) is 0 Å². The maximum Gasteiger partial charge on any atom is 0.0848 e. The standard InChI is InChI=1S/C19H31NO/c1-5-13-20-18(19(4)12-6-7-14-21-19)17-10-8-16(9-11-17)15(2)3/h8-11,15,18,20H,5-7,12-14H2,1-4H3. The van der Waals surface area contributed by atoms with Gasteiger partial charge in [-0.05, 0) is 56.2 Å². The minimum atomic E-state index is -0.0766. The van der Waals surface area contributed by atoms with Gasteiger partial charge in [-0.3, -0.25) is 0 Å². The maximum absolute atomic E-state index is 6.19. The van der Waals surface area contributed by atoms with Crippen LogP contribution in [0, 0.1) is 0 Å². The molecule has 118 valence electrons. The monoisotopic (exact) mass is 289 g/mol. The predicted octanol–water partition coefficient (Wildman–Crippen LogP) is 4.81. The van der Waals surface area contributed by atoms with Crippen molar-refractivity contribution in [2.24, 2.45) is 0 Å². The highest BCUT2D eigenvalue weighted by Gasteiger charge is 2.37. The Morgan fingerprint density at radius 2 is 1.81 bits per heavy atom. The van der Waals surface area contributed by atoms with Gasteiger partial charge in [0, 0.05) is 6.61 Å². The third-order valence-corrected chi connectivity index (χ3v) is 4.64. The van der Waals surface area contributed by atoms with Crippen LogP contribution in [0.4, 0.5) is 0 Å². The van der Waals surface area contributed by atoms with Crippen LogP contribution < -0.4 is 5.32 Å². The minimum Gasteiger partial charge on any atom is -0.373 e. The smallest absolute Gasteiger partial charge is 0.0848 e. The Labute approximate surface area is 130 Å². The first-order valence-corrected chi connectivity index (χ1v) is 8.54. The van der Waals surface area contributed by atoms with Gasteiger partial charge in [0.25, 0.3) is 0 Å². The van der Waals surface area contributed by atoms with Crippen LogP contribution in [0.5, 0.6) is 0 Å². The third kappa shape index (κ3) is 4.08. The van der Waals surface area contributed by atoms with Gasteiger partial charge in [0.05, 0.1) is 11.6 Å². The number of ether oxygens (including phenoxy) is 1. The molecular weight excluding hydrogens is 258 g/mol. The van der Waals surface area contributed by atoms with Gasteiger partial charge in [-0.25, -0.2) is 0 Å². The van der Waals surface area contributed by atoms with E-state index in [0.717, 1.165) is 26.0 Å². The Bertz CT molecular complexity index is 418. The van der Waals surface area contributed by atoms with Gasteiger partial charge in [-0.2, -0.15) is 0 Å². The Morgan fingerprint density at radius 1 is 1.14 bits per heavy atom. The topological polar surface area (TPSA) is 21.3 Å². The van der Waals surface area contributed by atoms with Crippen LogP contribution in [-0.4, -0.2) is 18.8 Å². The molecule has 2 rings (SSSR count). The molecule has 2 atom stereocenters. The van der Waals surface area contributed by atoms with Crippen molar-refractivity contribution >= 4 is 0 Å². The highest BCUT2D eigenvalue weighted by atomic mass is 16.5. The fourth-order valence-corrected chi connectivity index (χ4v) is 3.23. The van der Waals surface area contributed by atoms with Gasteiger partial charge in [-0.1, -0.05) is 45.0 Å². The van der Waals surface area contributed by atoms with E-state index in [0.29, 0.717) is 12.0 Å². The first-order valence-electron chi connectivity index (χ1n) is 8.54. The molecule has 1 fully saturated rings. The summed E-state index contributed by atoms with van der Waals surface area (Å²) >= 11 is 0. The lowest BCUT2D eigenvalue weighted by molar-refractivity contribution is -0.0897. The van der Waals surface area contributed by atoms with Crippen molar-refractivity contribution in [1.29, 1.82) is 0 Å². The quantitative estimate of drug-likeness (QED) is 0.811. The predicted molar refractivity (Wildman–Crippen MR) is 89.8 cm³/mol. The molecule has 1 aromatic carbocycles. The van der Waals surface area contributed by atoms with Gasteiger partial charge in [0.15, 0.2) is 0 Å². The number of hydrogen-bond acceptors (Lipinski definition) is 2.